The van der Waals surface area contributed by atoms with Crippen molar-refractivity contribution in [1.29, 1.82) is 0 Å². The Morgan fingerprint density at radius 3 is 2.14 bits per heavy atom. The molecule has 0 saturated heterocycles. The van der Waals surface area contributed by atoms with Gasteiger partial charge in [-0.15, -0.1) is 0 Å². The number of carbonyl (C=O) groups excluding carboxylic acids is 1. The first-order valence-corrected chi connectivity index (χ1v) is 7.44. The van der Waals surface area contributed by atoms with Gasteiger partial charge in [-0.3, -0.25) is 9.59 Å². The van der Waals surface area contributed by atoms with E-state index in [2.05, 4.69) is 0 Å². The quantitative estimate of drug-likeness (QED) is 0.670. The minimum Gasteiger partial charge on any atom is -0.481 e. The van der Waals surface area contributed by atoms with Crippen LogP contribution in [0.5, 0.6) is 0 Å². The maximum atomic E-state index is 12.5. The molecule has 0 saturated carbocycles. The van der Waals surface area contributed by atoms with Gasteiger partial charge in [0.05, 0.1) is 24.6 Å². The minimum atomic E-state index is -0.941. The fourth-order valence-corrected chi connectivity index (χ4v) is 2.42. The number of nitrogens with zero attached hydrogens (tertiary/aromatic N) is 1. The normalized spacial score (nSPS) is 17.1. The maximum absolute atomic E-state index is 12.5. The van der Waals surface area contributed by atoms with Gasteiger partial charge < -0.3 is 20.5 Å². The molecule has 0 spiro atoms. The zero-order valence-electron chi connectivity index (χ0n) is 14.0. The predicted octanol–water partition coefficient (Wildman–Crippen LogP) is 1.33. The van der Waals surface area contributed by atoms with Crippen molar-refractivity contribution in [3.8, 4) is 0 Å². The molecule has 0 bridgehead atoms. The van der Waals surface area contributed by atoms with Crippen LogP contribution in [0.4, 0.5) is 0 Å². The van der Waals surface area contributed by atoms with E-state index in [1.807, 2.05) is 27.7 Å². The number of rotatable bonds is 9. The lowest BCUT2D eigenvalue weighted by Crippen LogP contribution is -2.55. The Balaban J connectivity index is 5.30. The van der Waals surface area contributed by atoms with E-state index >= 15 is 0 Å². The number of ether oxygens (including phenoxy) is 1. The lowest BCUT2D eigenvalue weighted by atomic mass is 9.90. The smallest absolute Gasteiger partial charge is 0.306 e. The first kappa shape index (κ1) is 19.9. The molecule has 0 aromatic rings. The molecule has 0 fully saturated rings. The second kappa shape index (κ2) is 9.00. The molecule has 0 aliphatic carbocycles. The van der Waals surface area contributed by atoms with Crippen LogP contribution in [0, 0.1) is 11.8 Å². The second-order valence-electron chi connectivity index (χ2n) is 5.97. The van der Waals surface area contributed by atoms with Crippen molar-refractivity contribution in [2.24, 2.45) is 17.6 Å². The van der Waals surface area contributed by atoms with Crippen LogP contribution >= 0.6 is 0 Å². The molecular weight excluding hydrogens is 272 g/mol. The van der Waals surface area contributed by atoms with Crippen LogP contribution in [-0.2, 0) is 14.3 Å². The summed E-state index contributed by atoms with van der Waals surface area (Å²) < 4.78 is 5.34. The van der Waals surface area contributed by atoms with Crippen LogP contribution in [0.1, 0.15) is 40.5 Å². The van der Waals surface area contributed by atoms with Crippen LogP contribution in [0.2, 0.25) is 0 Å². The van der Waals surface area contributed by atoms with Crippen LogP contribution in [0.25, 0.3) is 0 Å². The number of hydrogen-bond donors (Lipinski definition) is 2. The predicted molar refractivity (Wildman–Crippen MR) is 81.9 cm³/mol. The molecule has 21 heavy (non-hydrogen) atoms. The summed E-state index contributed by atoms with van der Waals surface area (Å²) in [5, 5.41) is 9.03. The van der Waals surface area contributed by atoms with Crippen molar-refractivity contribution < 1.29 is 19.4 Å². The second-order valence-corrected chi connectivity index (χ2v) is 5.97. The highest BCUT2D eigenvalue weighted by Crippen LogP contribution is 2.22. The molecule has 4 unspecified atom stereocenters. The fourth-order valence-electron chi connectivity index (χ4n) is 2.42. The molecule has 124 valence electrons. The molecule has 0 aliphatic rings. The summed E-state index contributed by atoms with van der Waals surface area (Å²) in [6.07, 6.45) is 0.129. The Bertz CT molecular complexity index is 347. The van der Waals surface area contributed by atoms with Gasteiger partial charge in [0.15, 0.2) is 0 Å². The molecule has 3 N–H and O–H groups in total. The molecule has 0 aliphatic heterocycles. The minimum absolute atomic E-state index is 0.0259. The van der Waals surface area contributed by atoms with Crippen molar-refractivity contribution in [3.05, 3.63) is 0 Å². The Labute approximate surface area is 127 Å². The maximum Gasteiger partial charge on any atom is 0.306 e. The topological polar surface area (TPSA) is 92.9 Å². The van der Waals surface area contributed by atoms with Crippen LogP contribution in [0.3, 0.4) is 0 Å². The van der Waals surface area contributed by atoms with E-state index in [9.17, 15) is 9.59 Å². The number of hydrogen-bond acceptors (Lipinski definition) is 4. The first-order chi connectivity index (χ1) is 9.67. The molecule has 0 aromatic carbocycles. The van der Waals surface area contributed by atoms with Gasteiger partial charge in [-0.1, -0.05) is 34.1 Å². The number of nitrogens with two attached hydrogens (primary N) is 1. The van der Waals surface area contributed by atoms with E-state index in [0.717, 1.165) is 6.42 Å². The molecule has 0 heterocycles. The summed E-state index contributed by atoms with van der Waals surface area (Å²) >= 11 is 0. The standard InChI is InChI=1S/C15H30N2O4/c1-7-10(4)14(11(21-6)8-12(18)19)17(5)15(20)13(16)9(2)3/h9-11,13-14H,7-8,16H2,1-6H3,(H,18,19). The Hall–Kier alpha value is -1.14. The van der Waals surface area contributed by atoms with E-state index in [1.54, 1.807) is 11.9 Å². The van der Waals surface area contributed by atoms with E-state index in [4.69, 9.17) is 15.6 Å². The largest absolute Gasteiger partial charge is 0.481 e. The molecule has 0 aromatic heterocycles. The van der Waals surface area contributed by atoms with Gasteiger partial charge in [0.2, 0.25) is 5.91 Å². The van der Waals surface area contributed by atoms with Crippen molar-refractivity contribution in [2.45, 2.75) is 58.7 Å². The van der Waals surface area contributed by atoms with E-state index in [-0.39, 0.29) is 30.2 Å². The van der Waals surface area contributed by atoms with Gasteiger partial charge in [0.25, 0.3) is 0 Å². The van der Waals surface area contributed by atoms with Crippen LogP contribution < -0.4 is 5.73 Å². The number of carboxylic acid groups (broad SMARTS) is 1. The van der Waals surface area contributed by atoms with Gasteiger partial charge in [0, 0.05) is 14.2 Å². The lowest BCUT2D eigenvalue weighted by molar-refractivity contribution is -0.146. The molecule has 6 nitrogen and oxygen atoms in total. The fraction of sp³-hybridized carbons (Fsp3) is 0.867. The van der Waals surface area contributed by atoms with E-state index < -0.39 is 18.1 Å². The van der Waals surface area contributed by atoms with Crippen molar-refractivity contribution in [2.75, 3.05) is 14.2 Å². The Morgan fingerprint density at radius 1 is 1.29 bits per heavy atom. The summed E-state index contributed by atoms with van der Waals surface area (Å²) in [5.74, 6) is -0.979. The average Bonchev–Trinajstić information content (AvgIpc) is 2.43. The zero-order chi connectivity index (χ0) is 16.7. The number of likely N-dealkylation sites (N-methyl/N-ethyl adjacent to an activating group) is 1. The highest BCUT2D eigenvalue weighted by molar-refractivity contribution is 5.82. The van der Waals surface area contributed by atoms with Gasteiger partial charge >= 0.3 is 5.97 Å². The van der Waals surface area contributed by atoms with Gasteiger partial charge in [-0.05, 0) is 11.8 Å². The highest BCUT2D eigenvalue weighted by atomic mass is 16.5. The van der Waals surface area contributed by atoms with E-state index in [0.29, 0.717) is 0 Å². The van der Waals surface area contributed by atoms with Crippen molar-refractivity contribution >= 4 is 11.9 Å². The molecular formula is C15H30N2O4. The van der Waals surface area contributed by atoms with Crippen LogP contribution in [0.15, 0.2) is 0 Å². The van der Waals surface area contributed by atoms with Gasteiger partial charge in [0.1, 0.15) is 0 Å². The van der Waals surface area contributed by atoms with Crippen molar-refractivity contribution in [1.82, 2.24) is 4.90 Å². The SMILES string of the molecule is CCC(C)C(C(CC(=O)O)OC)N(C)C(=O)C(N)C(C)C. The molecule has 1 amide bonds. The summed E-state index contributed by atoms with van der Waals surface area (Å²) in [6, 6.07) is -0.905. The summed E-state index contributed by atoms with van der Waals surface area (Å²) in [4.78, 5) is 25.0. The molecule has 6 heteroatoms. The highest BCUT2D eigenvalue weighted by Gasteiger charge is 2.35. The molecule has 0 radical (unpaired) electrons. The van der Waals surface area contributed by atoms with Crippen molar-refractivity contribution in [3.63, 3.8) is 0 Å². The number of aliphatic carboxylic acids is 1. The monoisotopic (exact) mass is 302 g/mol. The number of amides is 1. The Kier molecular flexibility index (Phi) is 8.51. The summed E-state index contributed by atoms with van der Waals surface area (Å²) in [5.41, 5.74) is 5.93. The van der Waals surface area contributed by atoms with Gasteiger partial charge in [-0.2, -0.15) is 0 Å². The summed E-state index contributed by atoms with van der Waals surface area (Å²) in [6.45, 7) is 7.77. The number of carbonyl (C=O) groups is 2. The number of methoxy groups -OCH3 is 1. The lowest BCUT2D eigenvalue weighted by Gasteiger charge is -2.38. The van der Waals surface area contributed by atoms with Crippen LogP contribution in [-0.4, -0.2) is 54.2 Å². The summed E-state index contributed by atoms with van der Waals surface area (Å²) in [7, 11) is 3.15. The third-order valence-corrected chi connectivity index (χ3v) is 4.08. The third-order valence-electron chi connectivity index (χ3n) is 4.08. The Morgan fingerprint density at radius 2 is 1.81 bits per heavy atom. The average molecular weight is 302 g/mol. The van der Waals surface area contributed by atoms with Gasteiger partial charge in [-0.25, -0.2) is 0 Å². The third kappa shape index (κ3) is 5.63. The van der Waals surface area contributed by atoms with E-state index in [1.165, 1.54) is 7.11 Å². The first-order valence-electron chi connectivity index (χ1n) is 7.44. The zero-order valence-corrected chi connectivity index (χ0v) is 14.0. The number of carboxylic acids is 1. The molecule has 0 rings (SSSR count). The molecule has 4 atom stereocenters.